The summed E-state index contributed by atoms with van der Waals surface area (Å²) in [6.45, 7) is 2.32. The summed E-state index contributed by atoms with van der Waals surface area (Å²) >= 11 is 7.73. The number of piperazine rings is 1. The van der Waals surface area contributed by atoms with E-state index >= 15 is 0 Å². The molecule has 0 bridgehead atoms. The third-order valence-electron chi connectivity index (χ3n) is 4.51. The number of halogens is 1. The number of carbonyl (C=O) groups is 1. The van der Waals surface area contributed by atoms with Crippen molar-refractivity contribution >= 4 is 49.9 Å². The molecule has 0 aliphatic carbocycles. The number of rotatable bonds is 3. The van der Waals surface area contributed by atoms with Gasteiger partial charge in [-0.3, -0.25) is 14.9 Å². The van der Waals surface area contributed by atoms with Crippen molar-refractivity contribution in [2.24, 2.45) is 0 Å². The van der Waals surface area contributed by atoms with E-state index in [0.29, 0.717) is 26.2 Å². The number of hydrogen-bond acceptors (Lipinski definition) is 6. The van der Waals surface area contributed by atoms with Gasteiger partial charge in [0.1, 0.15) is 0 Å². The maximum atomic E-state index is 12.8. The lowest BCUT2D eigenvalue weighted by molar-refractivity contribution is -0.384. The van der Waals surface area contributed by atoms with Crippen LogP contribution >= 0.6 is 22.9 Å². The lowest BCUT2D eigenvalue weighted by Gasteiger charge is -2.34. The minimum absolute atomic E-state index is 0.143. The van der Waals surface area contributed by atoms with Gasteiger partial charge in [-0.15, -0.1) is 0 Å². The van der Waals surface area contributed by atoms with Crippen LogP contribution in [0.3, 0.4) is 0 Å². The molecule has 138 valence electrons. The standard InChI is InChI=1S/C18H15ClN4O3S/c19-14-6-5-12(23(25)26)11-13(14)17(24)21-7-9-22(10-8-21)18-20-15-3-1-2-4-16(15)27-18/h1-6,11H,7-10H2. The summed E-state index contributed by atoms with van der Waals surface area (Å²) in [7, 11) is 0. The molecule has 1 fully saturated rings. The Labute approximate surface area is 163 Å². The molecule has 0 N–H and O–H groups in total. The average Bonchev–Trinajstić information content (AvgIpc) is 3.12. The van der Waals surface area contributed by atoms with Gasteiger partial charge in [0.05, 0.1) is 25.7 Å². The van der Waals surface area contributed by atoms with Gasteiger partial charge >= 0.3 is 0 Å². The number of nitro benzene ring substituents is 1. The van der Waals surface area contributed by atoms with E-state index < -0.39 is 4.92 Å². The molecule has 1 aliphatic rings. The summed E-state index contributed by atoms with van der Waals surface area (Å²) in [5.41, 5.74) is 0.995. The molecule has 2 heterocycles. The molecule has 0 spiro atoms. The minimum Gasteiger partial charge on any atom is -0.345 e. The van der Waals surface area contributed by atoms with E-state index in [2.05, 4.69) is 9.88 Å². The monoisotopic (exact) mass is 402 g/mol. The Bertz CT molecular complexity index is 997. The van der Waals surface area contributed by atoms with E-state index in [0.717, 1.165) is 15.3 Å². The van der Waals surface area contributed by atoms with Crippen LogP contribution in [0.2, 0.25) is 5.02 Å². The van der Waals surface area contributed by atoms with Crippen LogP contribution < -0.4 is 4.90 Å². The molecule has 0 unspecified atom stereocenters. The minimum atomic E-state index is -0.530. The molecule has 2 aromatic carbocycles. The van der Waals surface area contributed by atoms with Crippen LogP contribution in [-0.2, 0) is 0 Å². The number of aromatic nitrogens is 1. The number of nitro groups is 1. The van der Waals surface area contributed by atoms with Crippen LogP contribution in [0, 0.1) is 10.1 Å². The highest BCUT2D eigenvalue weighted by Crippen LogP contribution is 2.30. The van der Waals surface area contributed by atoms with Crippen LogP contribution in [-0.4, -0.2) is 46.9 Å². The summed E-state index contributed by atoms with van der Waals surface area (Å²) < 4.78 is 1.13. The molecular weight excluding hydrogens is 388 g/mol. The predicted octanol–water partition coefficient (Wildman–Crippen LogP) is 3.82. The van der Waals surface area contributed by atoms with Gasteiger partial charge in [0.15, 0.2) is 5.13 Å². The van der Waals surface area contributed by atoms with Gasteiger partial charge in [-0.25, -0.2) is 4.98 Å². The maximum absolute atomic E-state index is 12.8. The Morgan fingerprint density at radius 2 is 1.89 bits per heavy atom. The fourth-order valence-electron chi connectivity index (χ4n) is 3.06. The van der Waals surface area contributed by atoms with Gasteiger partial charge in [0.2, 0.25) is 0 Å². The van der Waals surface area contributed by atoms with E-state index in [-0.39, 0.29) is 22.2 Å². The number of amides is 1. The fraction of sp³-hybridized carbons (Fsp3) is 0.222. The topological polar surface area (TPSA) is 79.6 Å². The highest BCUT2D eigenvalue weighted by molar-refractivity contribution is 7.22. The van der Waals surface area contributed by atoms with Crippen LogP contribution in [0.4, 0.5) is 10.8 Å². The van der Waals surface area contributed by atoms with Crippen molar-refractivity contribution < 1.29 is 9.72 Å². The zero-order valence-electron chi connectivity index (χ0n) is 14.2. The second-order valence-electron chi connectivity index (χ2n) is 6.16. The number of para-hydroxylation sites is 1. The highest BCUT2D eigenvalue weighted by Gasteiger charge is 2.26. The third kappa shape index (κ3) is 3.45. The first-order valence-corrected chi connectivity index (χ1v) is 9.56. The number of hydrogen-bond donors (Lipinski definition) is 0. The van der Waals surface area contributed by atoms with Crippen molar-refractivity contribution in [3.05, 3.63) is 63.2 Å². The molecule has 1 saturated heterocycles. The summed E-state index contributed by atoms with van der Waals surface area (Å²) in [5.74, 6) is -0.285. The van der Waals surface area contributed by atoms with Crippen LogP contribution in [0.5, 0.6) is 0 Å². The van der Waals surface area contributed by atoms with Gasteiger partial charge in [0, 0.05) is 38.3 Å². The van der Waals surface area contributed by atoms with Gasteiger partial charge in [0.25, 0.3) is 11.6 Å². The Balaban J connectivity index is 1.48. The number of non-ortho nitro benzene ring substituents is 1. The van der Waals surface area contributed by atoms with Crippen molar-refractivity contribution in [3.8, 4) is 0 Å². The van der Waals surface area contributed by atoms with E-state index in [1.165, 1.54) is 18.2 Å². The molecule has 9 heteroatoms. The molecule has 7 nitrogen and oxygen atoms in total. The zero-order valence-corrected chi connectivity index (χ0v) is 15.7. The maximum Gasteiger partial charge on any atom is 0.270 e. The van der Waals surface area contributed by atoms with Gasteiger partial charge in [-0.05, 0) is 18.2 Å². The lowest BCUT2D eigenvalue weighted by atomic mass is 10.1. The first-order chi connectivity index (χ1) is 13.0. The second kappa shape index (κ2) is 7.13. The normalized spacial score (nSPS) is 14.6. The number of fused-ring (bicyclic) bond motifs is 1. The van der Waals surface area contributed by atoms with E-state index in [1.54, 1.807) is 16.2 Å². The van der Waals surface area contributed by atoms with Crippen molar-refractivity contribution in [1.82, 2.24) is 9.88 Å². The summed E-state index contributed by atoms with van der Waals surface area (Å²) in [4.78, 5) is 31.7. The van der Waals surface area contributed by atoms with Crippen LogP contribution in [0.15, 0.2) is 42.5 Å². The smallest absolute Gasteiger partial charge is 0.270 e. The van der Waals surface area contributed by atoms with Crippen molar-refractivity contribution in [2.45, 2.75) is 0 Å². The highest BCUT2D eigenvalue weighted by atomic mass is 35.5. The summed E-state index contributed by atoms with van der Waals surface area (Å²) in [6.07, 6.45) is 0. The zero-order chi connectivity index (χ0) is 19.0. The Kier molecular flexibility index (Phi) is 4.67. The molecular formula is C18H15ClN4O3S. The van der Waals surface area contributed by atoms with E-state index in [9.17, 15) is 14.9 Å². The first kappa shape index (κ1) is 17.7. The molecule has 27 heavy (non-hydrogen) atoms. The number of carbonyl (C=O) groups excluding carboxylic acids is 1. The van der Waals surface area contributed by atoms with Crippen molar-refractivity contribution in [3.63, 3.8) is 0 Å². The first-order valence-electron chi connectivity index (χ1n) is 8.36. The number of nitrogens with zero attached hydrogens (tertiary/aromatic N) is 4. The Hall–Kier alpha value is -2.71. The second-order valence-corrected chi connectivity index (χ2v) is 7.58. The quantitative estimate of drug-likeness (QED) is 0.491. The number of thiazole rings is 1. The molecule has 3 aromatic rings. The molecule has 0 saturated carbocycles. The molecule has 0 radical (unpaired) electrons. The van der Waals surface area contributed by atoms with Crippen LogP contribution in [0.1, 0.15) is 10.4 Å². The van der Waals surface area contributed by atoms with E-state index in [4.69, 9.17) is 11.6 Å². The number of benzene rings is 2. The van der Waals surface area contributed by atoms with Gasteiger partial charge in [-0.2, -0.15) is 0 Å². The third-order valence-corrected chi connectivity index (χ3v) is 5.94. The largest absolute Gasteiger partial charge is 0.345 e. The van der Waals surface area contributed by atoms with Crippen molar-refractivity contribution in [2.75, 3.05) is 31.1 Å². The van der Waals surface area contributed by atoms with Crippen molar-refractivity contribution in [1.29, 1.82) is 0 Å². The molecule has 0 atom stereocenters. The summed E-state index contributed by atoms with van der Waals surface area (Å²) in [6, 6.07) is 11.9. The van der Waals surface area contributed by atoms with Gasteiger partial charge in [-0.1, -0.05) is 35.1 Å². The average molecular weight is 403 g/mol. The molecule has 1 aromatic heterocycles. The lowest BCUT2D eigenvalue weighted by Crippen LogP contribution is -2.48. The Morgan fingerprint density at radius 3 is 2.59 bits per heavy atom. The molecule has 1 aliphatic heterocycles. The Morgan fingerprint density at radius 1 is 1.15 bits per heavy atom. The molecule has 4 rings (SSSR count). The summed E-state index contributed by atoms with van der Waals surface area (Å²) in [5, 5.41) is 12.1. The number of anilines is 1. The van der Waals surface area contributed by atoms with E-state index in [1.807, 2.05) is 24.3 Å². The predicted molar refractivity (Wildman–Crippen MR) is 106 cm³/mol. The fourth-order valence-corrected chi connectivity index (χ4v) is 4.27. The molecule has 1 amide bonds. The SMILES string of the molecule is O=C(c1cc([N+](=O)[O-])ccc1Cl)N1CCN(c2nc3ccccc3s2)CC1. The van der Waals surface area contributed by atoms with Gasteiger partial charge < -0.3 is 9.80 Å². The van der Waals surface area contributed by atoms with Crippen LogP contribution in [0.25, 0.3) is 10.2 Å².